The van der Waals surface area contributed by atoms with Crippen molar-refractivity contribution in [2.45, 2.75) is 62.3 Å². The van der Waals surface area contributed by atoms with Crippen molar-refractivity contribution in [1.82, 2.24) is 4.31 Å². The van der Waals surface area contributed by atoms with E-state index in [1.54, 1.807) is 11.4 Å². The first kappa shape index (κ1) is 19.5. The number of hydrogen-bond donors (Lipinski definition) is 0. The van der Waals surface area contributed by atoms with Gasteiger partial charge in [0.15, 0.2) is 0 Å². The number of hydrogen-bond acceptors (Lipinski definition) is 3. The Balaban J connectivity index is 1.70. The molecule has 2 aromatic carbocycles. The summed E-state index contributed by atoms with van der Waals surface area (Å²) in [6.45, 7) is 0.579. The SMILES string of the molecule is COc1ccc(C2CCCCCN2S(=O)(=O)c2ccc3c(c2)CCCC3)cc1. The fraction of sp³-hybridized carbons (Fsp3) is 0.478. The van der Waals surface area contributed by atoms with Crippen molar-refractivity contribution >= 4 is 10.0 Å². The van der Waals surface area contributed by atoms with Crippen LogP contribution in [0, 0.1) is 0 Å². The summed E-state index contributed by atoms with van der Waals surface area (Å²) in [5.41, 5.74) is 3.57. The third kappa shape index (κ3) is 3.83. The van der Waals surface area contributed by atoms with Crippen LogP contribution < -0.4 is 4.74 Å². The van der Waals surface area contributed by atoms with Gasteiger partial charge in [-0.05, 0) is 79.5 Å². The van der Waals surface area contributed by atoms with Crippen LogP contribution in [0.15, 0.2) is 47.4 Å². The number of benzene rings is 2. The predicted octanol–water partition coefficient (Wildman–Crippen LogP) is 4.88. The maximum atomic E-state index is 13.6. The van der Waals surface area contributed by atoms with Crippen LogP contribution in [0.2, 0.25) is 0 Å². The highest BCUT2D eigenvalue weighted by molar-refractivity contribution is 7.89. The predicted molar refractivity (Wildman–Crippen MR) is 111 cm³/mol. The lowest BCUT2D eigenvalue weighted by molar-refractivity contribution is 0.328. The molecule has 1 aliphatic heterocycles. The Kier molecular flexibility index (Phi) is 5.74. The lowest BCUT2D eigenvalue weighted by atomic mass is 9.92. The Morgan fingerprint density at radius 3 is 2.39 bits per heavy atom. The summed E-state index contributed by atoms with van der Waals surface area (Å²) in [5, 5.41) is 0. The molecule has 4 nitrogen and oxygen atoms in total. The number of methoxy groups -OCH3 is 1. The molecule has 5 heteroatoms. The average molecular weight is 400 g/mol. The molecule has 1 saturated heterocycles. The van der Waals surface area contributed by atoms with Gasteiger partial charge in [-0.3, -0.25) is 0 Å². The van der Waals surface area contributed by atoms with E-state index in [1.807, 2.05) is 42.5 Å². The first-order chi connectivity index (χ1) is 13.6. The van der Waals surface area contributed by atoms with Crippen molar-refractivity contribution in [3.63, 3.8) is 0 Å². The average Bonchev–Trinajstić information content (AvgIpc) is 3.00. The van der Waals surface area contributed by atoms with Gasteiger partial charge in [0.1, 0.15) is 5.75 Å². The number of ether oxygens (including phenoxy) is 1. The van der Waals surface area contributed by atoms with Crippen LogP contribution in [0.4, 0.5) is 0 Å². The molecule has 0 aromatic heterocycles. The summed E-state index contributed by atoms with van der Waals surface area (Å²) in [6, 6.07) is 13.5. The van der Waals surface area contributed by atoms with Gasteiger partial charge in [-0.1, -0.05) is 31.0 Å². The minimum atomic E-state index is -3.53. The molecule has 0 N–H and O–H groups in total. The summed E-state index contributed by atoms with van der Waals surface area (Å²) in [7, 11) is -1.88. The summed E-state index contributed by atoms with van der Waals surface area (Å²) >= 11 is 0. The van der Waals surface area contributed by atoms with E-state index in [-0.39, 0.29) is 6.04 Å². The maximum Gasteiger partial charge on any atom is 0.243 e. The van der Waals surface area contributed by atoms with Crippen LogP contribution >= 0.6 is 0 Å². The summed E-state index contributed by atoms with van der Waals surface area (Å²) in [4.78, 5) is 0.452. The van der Waals surface area contributed by atoms with Gasteiger partial charge in [-0.2, -0.15) is 4.31 Å². The maximum absolute atomic E-state index is 13.6. The van der Waals surface area contributed by atoms with Gasteiger partial charge in [0.25, 0.3) is 0 Å². The quantitative estimate of drug-likeness (QED) is 0.736. The van der Waals surface area contributed by atoms with E-state index in [2.05, 4.69) is 0 Å². The number of fused-ring (bicyclic) bond motifs is 1. The Morgan fingerprint density at radius 1 is 0.893 bits per heavy atom. The largest absolute Gasteiger partial charge is 0.497 e. The molecule has 1 fully saturated rings. The van der Waals surface area contributed by atoms with Crippen molar-refractivity contribution in [1.29, 1.82) is 0 Å². The van der Waals surface area contributed by atoms with Gasteiger partial charge in [-0.25, -0.2) is 8.42 Å². The molecule has 4 rings (SSSR count). The molecule has 2 aromatic rings. The summed E-state index contributed by atoms with van der Waals surface area (Å²) < 4.78 is 34.3. The van der Waals surface area contributed by atoms with Gasteiger partial charge in [0.05, 0.1) is 18.0 Å². The smallest absolute Gasteiger partial charge is 0.243 e. The molecule has 1 atom stereocenters. The molecule has 0 saturated carbocycles. The Hall–Kier alpha value is -1.85. The highest BCUT2D eigenvalue weighted by Gasteiger charge is 2.33. The zero-order chi connectivity index (χ0) is 19.6. The van der Waals surface area contributed by atoms with Gasteiger partial charge >= 0.3 is 0 Å². The molecule has 0 bridgehead atoms. The second-order valence-corrected chi connectivity index (χ2v) is 9.78. The van der Waals surface area contributed by atoms with E-state index in [1.165, 1.54) is 17.5 Å². The molecular weight excluding hydrogens is 370 g/mol. The molecule has 0 amide bonds. The zero-order valence-electron chi connectivity index (χ0n) is 16.6. The minimum Gasteiger partial charge on any atom is -0.497 e. The lowest BCUT2D eigenvalue weighted by Crippen LogP contribution is -2.35. The van der Waals surface area contributed by atoms with Gasteiger partial charge in [0, 0.05) is 6.54 Å². The number of nitrogens with zero attached hydrogens (tertiary/aromatic N) is 1. The molecule has 0 radical (unpaired) electrons. The Labute approximate surface area is 168 Å². The molecular formula is C23H29NO3S. The second kappa shape index (κ2) is 8.26. The number of rotatable bonds is 4. The van der Waals surface area contributed by atoms with Gasteiger partial charge in [-0.15, -0.1) is 0 Å². The molecule has 2 aliphatic rings. The van der Waals surface area contributed by atoms with Crippen LogP contribution in [-0.4, -0.2) is 26.4 Å². The Bertz CT molecular complexity index is 921. The minimum absolute atomic E-state index is 0.116. The van der Waals surface area contributed by atoms with Crippen molar-refractivity contribution in [3.8, 4) is 5.75 Å². The normalized spacial score (nSPS) is 21.0. The third-order valence-corrected chi connectivity index (χ3v) is 8.03. The second-order valence-electron chi connectivity index (χ2n) is 7.89. The summed E-state index contributed by atoms with van der Waals surface area (Å²) in [5.74, 6) is 0.793. The highest BCUT2D eigenvalue weighted by atomic mass is 32.2. The third-order valence-electron chi connectivity index (χ3n) is 6.13. The van der Waals surface area contributed by atoms with Crippen LogP contribution in [0.25, 0.3) is 0 Å². The molecule has 0 spiro atoms. The number of sulfonamides is 1. The fourth-order valence-corrected chi connectivity index (χ4v) is 6.27. The van der Waals surface area contributed by atoms with E-state index < -0.39 is 10.0 Å². The highest BCUT2D eigenvalue weighted by Crippen LogP contribution is 2.36. The Morgan fingerprint density at radius 2 is 1.64 bits per heavy atom. The van der Waals surface area contributed by atoms with Crippen molar-refractivity contribution in [3.05, 3.63) is 59.2 Å². The first-order valence-electron chi connectivity index (χ1n) is 10.4. The molecule has 1 heterocycles. The monoisotopic (exact) mass is 399 g/mol. The lowest BCUT2D eigenvalue weighted by Gasteiger charge is -2.30. The van der Waals surface area contributed by atoms with Crippen molar-refractivity contribution in [2.75, 3.05) is 13.7 Å². The van der Waals surface area contributed by atoms with Crippen LogP contribution in [0.3, 0.4) is 0 Å². The van der Waals surface area contributed by atoms with E-state index in [9.17, 15) is 8.42 Å². The van der Waals surface area contributed by atoms with Crippen LogP contribution in [-0.2, 0) is 22.9 Å². The van der Waals surface area contributed by atoms with Crippen LogP contribution in [0.1, 0.15) is 61.3 Å². The summed E-state index contributed by atoms with van der Waals surface area (Å²) in [6.07, 6.45) is 8.29. The standard InChI is InChI=1S/C23H29NO3S/c1-27-21-13-10-19(11-14-21)23-9-3-2-6-16-24(23)28(25,26)22-15-12-18-7-4-5-8-20(18)17-22/h10-15,17,23H,2-9,16H2,1H3. The van der Waals surface area contributed by atoms with Crippen molar-refractivity contribution < 1.29 is 13.2 Å². The number of aryl methyl sites for hydroxylation is 2. The zero-order valence-corrected chi connectivity index (χ0v) is 17.4. The van der Waals surface area contributed by atoms with Gasteiger partial charge in [0.2, 0.25) is 10.0 Å². The molecule has 1 aliphatic carbocycles. The van der Waals surface area contributed by atoms with E-state index in [0.717, 1.165) is 56.3 Å². The van der Waals surface area contributed by atoms with Crippen molar-refractivity contribution in [2.24, 2.45) is 0 Å². The molecule has 28 heavy (non-hydrogen) atoms. The molecule has 150 valence electrons. The topological polar surface area (TPSA) is 46.6 Å². The van der Waals surface area contributed by atoms with E-state index in [4.69, 9.17) is 4.74 Å². The van der Waals surface area contributed by atoms with E-state index >= 15 is 0 Å². The molecule has 1 unspecified atom stereocenters. The fourth-order valence-electron chi connectivity index (χ4n) is 4.53. The van der Waals surface area contributed by atoms with E-state index in [0.29, 0.717) is 11.4 Å². The first-order valence-corrected chi connectivity index (χ1v) is 11.8. The van der Waals surface area contributed by atoms with Crippen LogP contribution in [0.5, 0.6) is 5.75 Å². The van der Waals surface area contributed by atoms with Gasteiger partial charge < -0.3 is 4.74 Å².